The van der Waals surface area contributed by atoms with Crippen molar-refractivity contribution >= 4 is 43.2 Å². The van der Waals surface area contributed by atoms with E-state index in [1.807, 2.05) is 13.0 Å². The standard InChI is InChI=1S/C14H10BrClN2O2S/c1-9-2-5-11(6-3-9)21(19,20)18-14-12(15)7-4-10(8-17)13(14)16/h2-7,18H,1H3. The van der Waals surface area contributed by atoms with Crippen LogP contribution in [0.4, 0.5) is 5.69 Å². The second-order valence-electron chi connectivity index (χ2n) is 4.31. The van der Waals surface area contributed by atoms with Crippen LogP contribution in [0.15, 0.2) is 45.8 Å². The third kappa shape index (κ3) is 3.38. The summed E-state index contributed by atoms with van der Waals surface area (Å²) in [7, 11) is -3.77. The molecular weight excluding hydrogens is 376 g/mol. The van der Waals surface area contributed by atoms with Gasteiger partial charge in [0.15, 0.2) is 0 Å². The van der Waals surface area contributed by atoms with Gasteiger partial charge in [0.1, 0.15) is 6.07 Å². The zero-order valence-electron chi connectivity index (χ0n) is 10.9. The Kier molecular flexibility index (Phi) is 4.57. The fourth-order valence-electron chi connectivity index (χ4n) is 1.64. The van der Waals surface area contributed by atoms with Crippen molar-refractivity contribution in [2.24, 2.45) is 0 Å². The van der Waals surface area contributed by atoms with Crippen LogP contribution in [0, 0.1) is 18.3 Å². The minimum Gasteiger partial charge on any atom is -0.277 e. The molecule has 0 saturated heterocycles. The average molecular weight is 386 g/mol. The highest BCUT2D eigenvalue weighted by Gasteiger charge is 2.19. The van der Waals surface area contributed by atoms with Gasteiger partial charge in [0.2, 0.25) is 0 Å². The maximum atomic E-state index is 12.3. The molecule has 0 spiro atoms. The van der Waals surface area contributed by atoms with Crippen LogP contribution >= 0.6 is 27.5 Å². The lowest BCUT2D eigenvalue weighted by Gasteiger charge is -2.12. The predicted molar refractivity (Wildman–Crippen MR) is 85.9 cm³/mol. The molecule has 0 saturated carbocycles. The fourth-order valence-corrected chi connectivity index (χ4v) is 3.72. The third-order valence-electron chi connectivity index (χ3n) is 2.78. The SMILES string of the molecule is Cc1ccc(S(=O)(=O)Nc2c(Br)ccc(C#N)c2Cl)cc1. The quantitative estimate of drug-likeness (QED) is 0.865. The van der Waals surface area contributed by atoms with E-state index in [-0.39, 0.29) is 21.2 Å². The number of nitriles is 1. The molecule has 0 bridgehead atoms. The largest absolute Gasteiger partial charge is 0.277 e. The van der Waals surface area contributed by atoms with Crippen LogP contribution in [0.25, 0.3) is 0 Å². The second kappa shape index (κ2) is 6.06. The van der Waals surface area contributed by atoms with Crippen molar-refractivity contribution in [3.05, 3.63) is 57.0 Å². The molecule has 0 aromatic heterocycles. The zero-order chi connectivity index (χ0) is 15.6. The van der Waals surface area contributed by atoms with Crippen molar-refractivity contribution in [1.82, 2.24) is 0 Å². The molecule has 0 heterocycles. The first-order valence-corrected chi connectivity index (χ1v) is 8.48. The topological polar surface area (TPSA) is 70.0 Å². The Morgan fingerprint density at radius 3 is 2.38 bits per heavy atom. The lowest BCUT2D eigenvalue weighted by atomic mass is 10.2. The van der Waals surface area contributed by atoms with Crippen LogP contribution in [0.1, 0.15) is 11.1 Å². The number of benzene rings is 2. The molecule has 2 aromatic carbocycles. The van der Waals surface area contributed by atoms with Gasteiger partial charge in [-0.25, -0.2) is 8.42 Å². The highest BCUT2D eigenvalue weighted by Crippen LogP contribution is 2.34. The first-order chi connectivity index (χ1) is 9.85. The molecule has 0 amide bonds. The fraction of sp³-hybridized carbons (Fsp3) is 0.0714. The lowest BCUT2D eigenvalue weighted by Crippen LogP contribution is -2.14. The van der Waals surface area contributed by atoms with Gasteiger partial charge in [0.25, 0.3) is 10.0 Å². The van der Waals surface area contributed by atoms with Crippen molar-refractivity contribution in [2.75, 3.05) is 4.72 Å². The van der Waals surface area contributed by atoms with Gasteiger partial charge in [-0.05, 0) is 47.1 Å². The molecule has 1 N–H and O–H groups in total. The van der Waals surface area contributed by atoms with E-state index < -0.39 is 10.0 Å². The van der Waals surface area contributed by atoms with Crippen molar-refractivity contribution in [1.29, 1.82) is 5.26 Å². The van der Waals surface area contributed by atoms with Crippen molar-refractivity contribution in [2.45, 2.75) is 11.8 Å². The minimum absolute atomic E-state index is 0.0579. The zero-order valence-corrected chi connectivity index (χ0v) is 14.1. The molecule has 0 unspecified atom stereocenters. The number of rotatable bonds is 3. The van der Waals surface area contributed by atoms with Gasteiger partial charge in [0, 0.05) is 4.47 Å². The van der Waals surface area contributed by atoms with Gasteiger partial charge in [0.05, 0.1) is 21.2 Å². The summed E-state index contributed by atoms with van der Waals surface area (Å²) in [5.74, 6) is 0. The first kappa shape index (κ1) is 15.8. The summed E-state index contributed by atoms with van der Waals surface area (Å²) in [4.78, 5) is 0.124. The van der Waals surface area contributed by atoms with Gasteiger partial charge in [-0.1, -0.05) is 29.3 Å². The highest BCUT2D eigenvalue weighted by molar-refractivity contribution is 9.10. The highest BCUT2D eigenvalue weighted by atomic mass is 79.9. The molecular formula is C14H10BrClN2O2S. The Morgan fingerprint density at radius 1 is 1.19 bits per heavy atom. The molecule has 2 aromatic rings. The van der Waals surface area contributed by atoms with E-state index >= 15 is 0 Å². The van der Waals surface area contributed by atoms with Gasteiger partial charge >= 0.3 is 0 Å². The predicted octanol–water partition coefficient (Wildman–Crippen LogP) is 4.08. The van der Waals surface area contributed by atoms with E-state index in [2.05, 4.69) is 20.7 Å². The lowest BCUT2D eigenvalue weighted by molar-refractivity contribution is 0.601. The molecule has 0 aliphatic carbocycles. The summed E-state index contributed by atoms with van der Waals surface area (Å²) in [6, 6.07) is 11.4. The second-order valence-corrected chi connectivity index (χ2v) is 7.23. The van der Waals surface area contributed by atoms with Crippen molar-refractivity contribution in [3.63, 3.8) is 0 Å². The summed E-state index contributed by atoms with van der Waals surface area (Å²) in [5.41, 5.74) is 1.30. The van der Waals surface area contributed by atoms with Gasteiger partial charge in [-0.15, -0.1) is 0 Å². The van der Waals surface area contributed by atoms with Crippen LogP contribution in [0.2, 0.25) is 5.02 Å². The number of nitrogens with zero attached hydrogens (tertiary/aromatic N) is 1. The number of halogens is 2. The van der Waals surface area contributed by atoms with Gasteiger partial charge < -0.3 is 0 Å². The van der Waals surface area contributed by atoms with Crippen LogP contribution in [-0.2, 0) is 10.0 Å². The minimum atomic E-state index is -3.77. The Morgan fingerprint density at radius 2 is 1.81 bits per heavy atom. The van der Waals surface area contributed by atoms with Crippen molar-refractivity contribution < 1.29 is 8.42 Å². The smallest absolute Gasteiger partial charge is 0.261 e. The van der Waals surface area contributed by atoms with Gasteiger partial charge in [-0.3, -0.25) is 4.72 Å². The Hall–Kier alpha value is -1.55. The number of nitrogens with one attached hydrogen (secondary N) is 1. The maximum Gasteiger partial charge on any atom is 0.261 e. The molecule has 4 nitrogen and oxygen atoms in total. The van der Waals surface area contributed by atoms with E-state index in [1.165, 1.54) is 18.2 Å². The molecule has 0 radical (unpaired) electrons. The summed E-state index contributed by atoms with van der Waals surface area (Å²) >= 11 is 9.28. The third-order valence-corrected chi connectivity index (χ3v) is 5.20. The van der Waals surface area contributed by atoms with Crippen molar-refractivity contribution in [3.8, 4) is 6.07 Å². The van der Waals surface area contributed by atoms with Crippen LogP contribution < -0.4 is 4.72 Å². The van der Waals surface area contributed by atoms with E-state index in [1.54, 1.807) is 18.2 Å². The molecule has 0 aliphatic rings. The van der Waals surface area contributed by atoms with Crippen LogP contribution in [0.5, 0.6) is 0 Å². The average Bonchev–Trinajstić information content (AvgIpc) is 2.44. The molecule has 2 rings (SSSR count). The molecule has 21 heavy (non-hydrogen) atoms. The molecule has 7 heteroatoms. The maximum absolute atomic E-state index is 12.3. The Bertz CT molecular complexity index is 827. The monoisotopic (exact) mass is 384 g/mol. The summed E-state index contributed by atoms with van der Waals surface area (Å²) in [6.45, 7) is 1.87. The number of hydrogen-bond donors (Lipinski definition) is 1. The summed E-state index contributed by atoms with van der Waals surface area (Å²) < 4.78 is 27.6. The molecule has 0 fully saturated rings. The Labute approximate surface area is 136 Å². The number of aryl methyl sites for hydroxylation is 1. The van der Waals surface area contributed by atoms with E-state index in [0.29, 0.717) is 4.47 Å². The van der Waals surface area contributed by atoms with E-state index in [0.717, 1.165) is 5.56 Å². The Balaban J connectivity index is 2.47. The molecule has 0 aliphatic heterocycles. The molecule has 0 atom stereocenters. The van der Waals surface area contributed by atoms with E-state index in [4.69, 9.17) is 16.9 Å². The number of sulfonamides is 1. The first-order valence-electron chi connectivity index (χ1n) is 5.83. The van der Waals surface area contributed by atoms with E-state index in [9.17, 15) is 8.42 Å². The number of anilines is 1. The number of hydrogen-bond acceptors (Lipinski definition) is 3. The molecule has 108 valence electrons. The van der Waals surface area contributed by atoms with Gasteiger partial charge in [-0.2, -0.15) is 5.26 Å². The van der Waals surface area contributed by atoms with Crippen LogP contribution in [-0.4, -0.2) is 8.42 Å². The summed E-state index contributed by atoms with van der Waals surface area (Å²) in [6.07, 6.45) is 0. The normalized spacial score (nSPS) is 11.0. The van der Waals surface area contributed by atoms with Crippen LogP contribution in [0.3, 0.4) is 0 Å². The summed E-state index contributed by atoms with van der Waals surface area (Å²) in [5, 5.41) is 9.01.